The van der Waals surface area contributed by atoms with E-state index in [-0.39, 0.29) is 17.1 Å². The second-order valence-corrected chi connectivity index (χ2v) is 6.94. The number of ether oxygens (including phenoxy) is 2. The van der Waals surface area contributed by atoms with Gasteiger partial charge in [0.05, 0.1) is 18.1 Å². The summed E-state index contributed by atoms with van der Waals surface area (Å²) in [6, 6.07) is 0.340. The van der Waals surface area contributed by atoms with Crippen LogP contribution in [0.3, 0.4) is 0 Å². The van der Waals surface area contributed by atoms with E-state index in [1.54, 1.807) is 7.11 Å². The molecule has 0 radical (unpaired) electrons. The number of halogens is 2. The van der Waals surface area contributed by atoms with Gasteiger partial charge >= 0.3 is 0 Å². The molecule has 1 aromatic rings. The molecule has 0 bridgehead atoms. The summed E-state index contributed by atoms with van der Waals surface area (Å²) < 4.78 is 38.0. The zero-order chi connectivity index (χ0) is 15.0. The number of piperidine rings is 1. The maximum Gasteiger partial charge on any atom is 0.273 e. The number of hydrogen-bond acceptors (Lipinski definition) is 4. The van der Waals surface area contributed by atoms with Gasteiger partial charge in [0.25, 0.3) is 6.43 Å². The van der Waals surface area contributed by atoms with Gasteiger partial charge in [-0.2, -0.15) is 0 Å². The number of rotatable bonds is 3. The second-order valence-electron chi connectivity index (χ2n) is 5.89. The Hall–Kier alpha value is -0.560. The number of nitrogens with one attached hydrogen (secondary N) is 1. The first-order valence-corrected chi connectivity index (χ1v) is 8.18. The fourth-order valence-electron chi connectivity index (χ4n) is 3.57. The van der Waals surface area contributed by atoms with Crippen LogP contribution < -0.4 is 5.32 Å². The van der Waals surface area contributed by atoms with Crippen molar-refractivity contribution < 1.29 is 18.3 Å². The Labute approximate surface area is 127 Å². The van der Waals surface area contributed by atoms with Crippen LogP contribution in [0.5, 0.6) is 0 Å². The molecule has 2 atom stereocenters. The van der Waals surface area contributed by atoms with Crippen LogP contribution in [0.25, 0.3) is 0 Å². The molecule has 1 spiro atoms. The Morgan fingerprint density at radius 3 is 3.00 bits per heavy atom. The van der Waals surface area contributed by atoms with Gasteiger partial charge in [0, 0.05) is 23.6 Å². The van der Waals surface area contributed by atoms with Gasteiger partial charge in [0.15, 0.2) is 0 Å². The van der Waals surface area contributed by atoms with Gasteiger partial charge in [-0.1, -0.05) is 0 Å². The zero-order valence-electron chi connectivity index (χ0n) is 12.4. The summed E-state index contributed by atoms with van der Waals surface area (Å²) in [5.41, 5.74) is 1.37. The molecule has 6 heteroatoms. The summed E-state index contributed by atoms with van der Waals surface area (Å²) in [5.74, 6) is 0. The standard InChI is InChI=1S/C15H21F2NO2S/c1-9-7-15(4-5-18-9)13-10(3-6-20-15)11(8-19-2)12(21-13)14(16)17/h9,14,18H,3-8H2,1-2H3. The number of thiophene rings is 1. The Morgan fingerprint density at radius 1 is 1.52 bits per heavy atom. The summed E-state index contributed by atoms with van der Waals surface area (Å²) in [7, 11) is 1.56. The molecule has 3 nitrogen and oxygen atoms in total. The molecule has 1 fully saturated rings. The first-order valence-electron chi connectivity index (χ1n) is 7.37. The summed E-state index contributed by atoms with van der Waals surface area (Å²) in [5, 5.41) is 3.41. The minimum Gasteiger partial charge on any atom is -0.380 e. The topological polar surface area (TPSA) is 30.5 Å². The molecule has 0 aromatic carbocycles. The van der Waals surface area contributed by atoms with Crippen LogP contribution in [0.15, 0.2) is 0 Å². The van der Waals surface area contributed by atoms with Crippen LogP contribution in [0.4, 0.5) is 8.78 Å². The van der Waals surface area contributed by atoms with Crippen LogP contribution in [0, 0.1) is 0 Å². The van der Waals surface area contributed by atoms with Crippen molar-refractivity contribution in [2.45, 2.75) is 50.9 Å². The quantitative estimate of drug-likeness (QED) is 0.927. The fourth-order valence-corrected chi connectivity index (χ4v) is 4.96. The van der Waals surface area contributed by atoms with Gasteiger partial charge in [-0.15, -0.1) is 11.3 Å². The summed E-state index contributed by atoms with van der Waals surface area (Å²) >= 11 is 1.23. The van der Waals surface area contributed by atoms with Crippen molar-refractivity contribution in [1.29, 1.82) is 0 Å². The van der Waals surface area contributed by atoms with Gasteiger partial charge in [-0.25, -0.2) is 8.78 Å². The highest BCUT2D eigenvalue weighted by atomic mass is 32.1. The van der Waals surface area contributed by atoms with Crippen LogP contribution in [-0.4, -0.2) is 26.3 Å². The third kappa shape index (κ3) is 2.63. The van der Waals surface area contributed by atoms with E-state index in [4.69, 9.17) is 9.47 Å². The SMILES string of the molecule is COCc1c(C(F)F)sc2c1CCOC21CCNC(C)C1. The van der Waals surface area contributed by atoms with Crippen molar-refractivity contribution in [1.82, 2.24) is 5.32 Å². The molecule has 2 unspecified atom stereocenters. The van der Waals surface area contributed by atoms with Gasteiger partial charge in [0.1, 0.15) is 5.60 Å². The van der Waals surface area contributed by atoms with Crippen LogP contribution in [-0.2, 0) is 28.1 Å². The molecular formula is C15H21F2NO2S. The molecule has 21 heavy (non-hydrogen) atoms. The summed E-state index contributed by atoms with van der Waals surface area (Å²) in [6.45, 7) is 3.85. The van der Waals surface area contributed by atoms with E-state index in [1.165, 1.54) is 11.3 Å². The number of hydrogen-bond donors (Lipinski definition) is 1. The largest absolute Gasteiger partial charge is 0.380 e. The lowest BCUT2D eigenvalue weighted by Crippen LogP contribution is -2.48. The van der Waals surface area contributed by atoms with Gasteiger partial charge in [-0.3, -0.25) is 0 Å². The molecule has 2 aliphatic heterocycles. The highest BCUT2D eigenvalue weighted by Gasteiger charge is 2.44. The number of methoxy groups -OCH3 is 1. The van der Waals surface area contributed by atoms with E-state index in [2.05, 4.69) is 12.2 Å². The molecule has 0 aliphatic carbocycles. The Morgan fingerprint density at radius 2 is 2.33 bits per heavy atom. The number of alkyl halides is 2. The van der Waals surface area contributed by atoms with Crippen molar-refractivity contribution in [2.75, 3.05) is 20.3 Å². The average Bonchev–Trinajstić information content (AvgIpc) is 2.80. The molecule has 1 aromatic heterocycles. The maximum absolute atomic E-state index is 13.4. The molecular weight excluding hydrogens is 296 g/mol. The fraction of sp³-hybridized carbons (Fsp3) is 0.733. The first kappa shape index (κ1) is 15.3. The third-order valence-electron chi connectivity index (χ3n) is 4.44. The van der Waals surface area contributed by atoms with Crippen molar-refractivity contribution in [3.8, 4) is 0 Å². The Bertz CT molecular complexity index is 520. The lowest BCUT2D eigenvalue weighted by molar-refractivity contribution is -0.0851. The second kappa shape index (κ2) is 5.91. The maximum atomic E-state index is 13.4. The molecule has 1 N–H and O–H groups in total. The molecule has 1 saturated heterocycles. The van der Waals surface area contributed by atoms with E-state index in [0.717, 1.165) is 29.8 Å². The predicted octanol–water partition coefficient (Wildman–Crippen LogP) is 3.37. The molecule has 118 valence electrons. The lowest BCUT2D eigenvalue weighted by Gasteiger charge is -2.43. The highest BCUT2D eigenvalue weighted by molar-refractivity contribution is 7.12. The monoisotopic (exact) mass is 317 g/mol. The minimum absolute atomic E-state index is 0.165. The normalized spacial score (nSPS) is 29.1. The molecule has 0 saturated carbocycles. The first-order chi connectivity index (χ1) is 10.1. The Balaban J connectivity index is 2.07. The van der Waals surface area contributed by atoms with Gasteiger partial charge < -0.3 is 14.8 Å². The summed E-state index contributed by atoms with van der Waals surface area (Å²) in [6.07, 6.45) is -0.0435. The molecule has 0 amide bonds. The number of fused-ring (bicyclic) bond motifs is 2. The molecule has 3 rings (SSSR count). The summed E-state index contributed by atoms with van der Waals surface area (Å²) in [4.78, 5) is 1.18. The van der Waals surface area contributed by atoms with Crippen LogP contribution >= 0.6 is 11.3 Å². The molecule has 2 aliphatic rings. The van der Waals surface area contributed by atoms with Crippen molar-refractivity contribution in [3.05, 3.63) is 20.9 Å². The van der Waals surface area contributed by atoms with E-state index in [0.29, 0.717) is 24.6 Å². The van der Waals surface area contributed by atoms with Gasteiger partial charge in [0.2, 0.25) is 0 Å². The van der Waals surface area contributed by atoms with Crippen molar-refractivity contribution >= 4 is 11.3 Å². The van der Waals surface area contributed by atoms with Crippen molar-refractivity contribution in [3.63, 3.8) is 0 Å². The van der Waals surface area contributed by atoms with E-state index >= 15 is 0 Å². The average molecular weight is 317 g/mol. The third-order valence-corrected chi connectivity index (χ3v) is 5.90. The zero-order valence-corrected chi connectivity index (χ0v) is 13.2. The van der Waals surface area contributed by atoms with E-state index < -0.39 is 6.43 Å². The predicted molar refractivity (Wildman–Crippen MR) is 78.0 cm³/mol. The lowest BCUT2D eigenvalue weighted by atomic mass is 9.82. The highest BCUT2D eigenvalue weighted by Crippen LogP contribution is 2.49. The minimum atomic E-state index is -2.44. The molecule has 3 heterocycles. The van der Waals surface area contributed by atoms with E-state index in [9.17, 15) is 8.78 Å². The smallest absolute Gasteiger partial charge is 0.273 e. The van der Waals surface area contributed by atoms with Crippen LogP contribution in [0.1, 0.15) is 47.1 Å². The van der Waals surface area contributed by atoms with Crippen LogP contribution in [0.2, 0.25) is 0 Å². The Kier molecular flexibility index (Phi) is 4.32. The van der Waals surface area contributed by atoms with Crippen molar-refractivity contribution in [2.24, 2.45) is 0 Å². The van der Waals surface area contributed by atoms with Gasteiger partial charge in [-0.05, 0) is 38.3 Å². The van der Waals surface area contributed by atoms with E-state index in [1.807, 2.05) is 0 Å².